The monoisotopic (exact) mass is 261 g/mol. The Labute approximate surface area is 102 Å². The van der Waals surface area contributed by atoms with Gasteiger partial charge >= 0.3 is 5.97 Å². The van der Waals surface area contributed by atoms with Crippen molar-refractivity contribution in [3.8, 4) is 0 Å². The van der Waals surface area contributed by atoms with Crippen LogP contribution in [0, 0.1) is 6.92 Å². The highest BCUT2D eigenvalue weighted by Crippen LogP contribution is 2.09. The average Bonchev–Trinajstić information content (AvgIpc) is 2.21. The van der Waals surface area contributed by atoms with Crippen LogP contribution in [0.4, 0.5) is 0 Å². The molecular formula is C10H9Cl2NO3. The highest BCUT2D eigenvalue weighted by Gasteiger charge is 2.10. The van der Waals surface area contributed by atoms with Gasteiger partial charge in [-0.15, -0.1) is 0 Å². The predicted octanol–water partition coefficient (Wildman–Crippen LogP) is 2.17. The molecule has 0 aromatic carbocycles. The van der Waals surface area contributed by atoms with E-state index in [4.69, 9.17) is 28.3 Å². The van der Waals surface area contributed by atoms with Crippen LogP contribution in [0.1, 0.15) is 16.1 Å². The number of carboxylic acids is 1. The van der Waals surface area contributed by atoms with Crippen molar-refractivity contribution in [1.29, 1.82) is 0 Å². The fourth-order valence-electron chi connectivity index (χ4n) is 1.20. The number of hydrogen-bond acceptors (Lipinski definition) is 2. The van der Waals surface area contributed by atoms with E-state index in [1.807, 2.05) is 0 Å². The number of nitrogens with zero attached hydrogens (tertiary/aromatic N) is 1. The molecule has 0 radical (unpaired) electrons. The molecule has 16 heavy (non-hydrogen) atoms. The van der Waals surface area contributed by atoms with E-state index in [0.717, 1.165) is 0 Å². The number of pyridine rings is 1. The molecule has 0 spiro atoms. The lowest BCUT2D eigenvalue weighted by atomic mass is 10.2. The largest absolute Gasteiger partial charge is 0.477 e. The Bertz CT molecular complexity index is 505. The van der Waals surface area contributed by atoms with E-state index >= 15 is 0 Å². The summed E-state index contributed by atoms with van der Waals surface area (Å²) in [6.45, 7) is 1.92. The molecule has 6 heteroatoms. The van der Waals surface area contributed by atoms with Gasteiger partial charge in [-0.05, 0) is 6.92 Å². The lowest BCUT2D eigenvalue weighted by Gasteiger charge is -2.10. The minimum Gasteiger partial charge on any atom is -0.477 e. The summed E-state index contributed by atoms with van der Waals surface area (Å²) >= 11 is 11.1. The molecule has 0 fully saturated rings. The molecule has 0 aliphatic rings. The van der Waals surface area contributed by atoms with Crippen molar-refractivity contribution in [1.82, 2.24) is 4.57 Å². The summed E-state index contributed by atoms with van der Waals surface area (Å²) < 4.78 is 1.55. The van der Waals surface area contributed by atoms with Crippen LogP contribution in [0.2, 0.25) is 0 Å². The first kappa shape index (κ1) is 12.8. The first-order valence-corrected chi connectivity index (χ1v) is 5.16. The third kappa shape index (κ3) is 2.87. The molecule has 0 saturated heterocycles. The molecule has 0 unspecified atom stereocenters. The van der Waals surface area contributed by atoms with Crippen LogP contribution in [-0.4, -0.2) is 15.6 Å². The van der Waals surface area contributed by atoms with Crippen LogP contribution in [0.15, 0.2) is 27.6 Å². The minimum absolute atomic E-state index is 0.234. The first-order valence-electron chi connectivity index (χ1n) is 4.35. The van der Waals surface area contributed by atoms with Gasteiger partial charge < -0.3 is 9.67 Å². The second-order valence-corrected chi connectivity index (χ2v) is 3.89. The maximum atomic E-state index is 11.3. The Balaban J connectivity index is 3.25. The molecule has 1 aromatic rings. The van der Waals surface area contributed by atoms with Crippen molar-refractivity contribution < 1.29 is 9.90 Å². The molecule has 1 N–H and O–H groups in total. The lowest BCUT2D eigenvalue weighted by molar-refractivity contribution is 0.0694. The molecule has 1 heterocycles. The van der Waals surface area contributed by atoms with E-state index in [9.17, 15) is 9.59 Å². The number of carboxylic acid groups (broad SMARTS) is 1. The maximum absolute atomic E-state index is 11.3. The Morgan fingerprint density at radius 3 is 2.75 bits per heavy atom. The molecule has 0 aliphatic heterocycles. The standard InChI is InChI=1S/C10H9Cl2NO3/c1-6-2-9(14)8(10(15)16)5-13(6)4-7(12)3-11/h2-3,5H,4H2,1H3,(H,15,16). The van der Waals surface area contributed by atoms with E-state index in [1.54, 1.807) is 11.5 Å². The minimum atomic E-state index is -1.26. The van der Waals surface area contributed by atoms with Crippen molar-refractivity contribution in [2.24, 2.45) is 0 Å². The number of hydrogen-bond donors (Lipinski definition) is 1. The van der Waals surface area contributed by atoms with Gasteiger partial charge in [0.2, 0.25) is 0 Å². The van der Waals surface area contributed by atoms with Crippen molar-refractivity contribution >= 4 is 29.2 Å². The number of allylic oxidation sites excluding steroid dienone is 1. The average molecular weight is 262 g/mol. The number of aryl methyl sites for hydroxylation is 1. The van der Waals surface area contributed by atoms with E-state index in [1.165, 1.54) is 17.8 Å². The van der Waals surface area contributed by atoms with Crippen LogP contribution >= 0.6 is 23.2 Å². The maximum Gasteiger partial charge on any atom is 0.341 e. The van der Waals surface area contributed by atoms with E-state index in [-0.39, 0.29) is 12.1 Å². The molecule has 0 atom stereocenters. The van der Waals surface area contributed by atoms with Gasteiger partial charge in [0.1, 0.15) is 5.56 Å². The summed E-state index contributed by atoms with van der Waals surface area (Å²) in [6.07, 6.45) is 1.25. The summed E-state index contributed by atoms with van der Waals surface area (Å²) in [4.78, 5) is 22.1. The Hall–Kier alpha value is -1.26. The molecule has 0 amide bonds. The fourth-order valence-corrected chi connectivity index (χ4v) is 1.40. The van der Waals surface area contributed by atoms with Gasteiger partial charge in [-0.25, -0.2) is 4.79 Å². The number of aromatic nitrogens is 1. The van der Waals surface area contributed by atoms with Crippen LogP contribution in [-0.2, 0) is 6.54 Å². The van der Waals surface area contributed by atoms with Crippen molar-refractivity contribution in [3.05, 3.63) is 44.3 Å². The lowest BCUT2D eigenvalue weighted by Crippen LogP contribution is -2.19. The molecule has 0 aliphatic carbocycles. The summed E-state index contributed by atoms with van der Waals surface area (Å²) in [5.74, 6) is -1.26. The topological polar surface area (TPSA) is 59.3 Å². The van der Waals surface area contributed by atoms with Crippen LogP contribution in [0.25, 0.3) is 0 Å². The number of rotatable bonds is 3. The molecule has 0 bridgehead atoms. The third-order valence-electron chi connectivity index (χ3n) is 2.01. The molecular weight excluding hydrogens is 253 g/mol. The van der Waals surface area contributed by atoms with Gasteiger partial charge in [-0.3, -0.25) is 4.79 Å². The van der Waals surface area contributed by atoms with Gasteiger partial charge in [0, 0.05) is 28.5 Å². The van der Waals surface area contributed by atoms with Crippen LogP contribution < -0.4 is 5.43 Å². The zero-order chi connectivity index (χ0) is 12.3. The van der Waals surface area contributed by atoms with E-state index in [2.05, 4.69) is 0 Å². The smallest absolute Gasteiger partial charge is 0.341 e. The van der Waals surface area contributed by atoms with Gasteiger partial charge in [0.05, 0.1) is 6.54 Å². The second kappa shape index (κ2) is 5.18. The summed E-state index contributed by atoms with van der Waals surface area (Å²) in [7, 11) is 0. The summed E-state index contributed by atoms with van der Waals surface area (Å²) in [5.41, 5.74) is 1.00. The number of halogens is 2. The summed E-state index contributed by atoms with van der Waals surface area (Å²) in [5, 5.41) is 9.14. The first-order chi connectivity index (χ1) is 7.45. The Morgan fingerprint density at radius 1 is 1.62 bits per heavy atom. The predicted molar refractivity (Wildman–Crippen MR) is 62.2 cm³/mol. The zero-order valence-electron chi connectivity index (χ0n) is 8.41. The fraction of sp³-hybridized carbons (Fsp3) is 0.200. The van der Waals surface area contributed by atoms with Crippen LogP contribution in [0.3, 0.4) is 0 Å². The second-order valence-electron chi connectivity index (χ2n) is 3.18. The van der Waals surface area contributed by atoms with E-state index in [0.29, 0.717) is 10.7 Å². The highest BCUT2D eigenvalue weighted by molar-refractivity contribution is 6.36. The molecule has 4 nitrogen and oxygen atoms in total. The van der Waals surface area contributed by atoms with Gasteiger partial charge in [0.15, 0.2) is 5.43 Å². The van der Waals surface area contributed by atoms with Crippen molar-refractivity contribution in [3.63, 3.8) is 0 Å². The quantitative estimate of drug-likeness (QED) is 0.908. The Kier molecular flexibility index (Phi) is 4.15. The number of aromatic carboxylic acids is 1. The number of carbonyl (C=O) groups is 1. The van der Waals surface area contributed by atoms with Gasteiger partial charge in [0.25, 0.3) is 0 Å². The highest BCUT2D eigenvalue weighted by atomic mass is 35.5. The van der Waals surface area contributed by atoms with Gasteiger partial charge in [-0.2, -0.15) is 0 Å². The Morgan fingerprint density at radius 2 is 2.25 bits per heavy atom. The zero-order valence-corrected chi connectivity index (χ0v) is 9.92. The summed E-state index contributed by atoms with van der Waals surface area (Å²) in [6, 6.07) is 1.25. The third-order valence-corrected chi connectivity index (χ3v) is 2.62. The molecule has 86 valence electrons. The van der Waals surface area contributed by atoms with Gasteiger partial charge in [-0.1, -0.05) is 23.2 Å². The van der Waals surface area contributed by atoms with Crippen molar-refractivity contribution in [2.45, 2.75) is 13.5 Å². The normalized spacial score (nSPS) is 11.6. The van der Waals surface area contributed by atoms with E-state index < -0.39 is 11.4 Å². The van der Waals surface area contributed by atoms with Crippen molar-refractivity contribution in [2.75, 3.05) is 0 Å². The SMILES string of the molecule is Cc1cc(=O)c(C(=O)O)cn1CC(Cl)=CCl. The molecule has 1 rings (SSSR count). The molecule has 0 saturated carbocycles. The van der Waals surface area contributed by atoms with Crippen LogP contribution in [0.5, 0.6) is 0 Å². The molecule has 1 aromatic heterocycles.